The number of benzene rings is 3. The van der Waals surface area contributed by atoms with E-state index < -0.39 is 17.8 Å². The molecule has 39 heavy (non-hydrogen) atoms. The number of ether oxygens (including phenoxy) is 1. The molecule has 3 aliphatic rings. The lowest BCUT2D eigenvalue weighted by molar-refractivity contribution is -0.111. The number of hydrogen-bond acceptors (Lipinski definition) is 4. The highest BCUT2D eigenvalue weighted by molar-refractivity contribution is 5.96. The molecular formula is C33H35FN2O3. The predicted molar refractivity (Wildman–Crippen MR) is 148 cm³/mol. The van der Waals surface area contributed by atoms with E-state index >= 15 is 4.39 Å². The smallest absolute Gasteiger partial charge is 0.257 e. The van der Waals surface area contributed by atoms with Gasteiger partial charge in [0.2, 0.25) is 0 Å². The maximum Gasteiger partial charge on any atom is 0.257 e. The summed E-state index contributed by atoms with van der Waals surface area (Å²) in [5, 5.41) is 0. The first-order valence-electron chi connectivity index (χ1n) is 14.2. The van der Waals surface area contributed by atoms with Gasteiger partial charge >= 0.3 is 0 Å². The number of amides is 1. The Morgan fingerprint density at radius 2 is 1.64 bits per heavy atom. The Kier molecular flexibility index (Phi) is 7.47. The number of carbonyl (C=O) groups excluding carboxylic acids is 2. The van der Waals surface area contributed by atoms with Gasteiger partial charge in [0, 0.05) is 25.1 Å². The molecule has 0 unspecified atom stereocenters. The maximum absolute atomic E-state index is 15.3. The Morgan fingerprint density at radius 1 is 0.949 bits per heavy atom. The number of carbonyl (C=O) groups is 2. The second-order valence-corrected chi connectivity index (χ2v) is 11.2. The van der Waals surface area contributed by atoms with Gasteiger partial charge in [0.1, 0.15) is 17.9 Å². The lowest BCUT2D eigenvalue weighted by Gasteiger charge is -2.29. The van der Waals surface area contributed by atoms with E-state index in [0.29, 0.717) is 37.2 Å². The van der Waals surface area contributed by atoms with Gasteiger partial charge in [-0.1, -0.05) is 60.7 Å². The molecule has 6 heteroatoms. The molecule has 6 rings (SSSR count). The lowest BCUT2D eigenvalue weighted by Crippen LogP contribution is -2.36. The van der Waals surface area contributed by atoms with Crippen LogP contribution in [0.25, 0.3) is 0 Å². The van der Waals surface area contributed by atoms with Gasteiger partial charge in [0.25, 0.3) is 5.91 Å². The molecule has 2 saturated heterocycles. The third-order valence-corrected chi connectivity index (χ3v) is 8.45. The number of nitrogens with zero attached hydrogens (tertiary/aromatic N) is 2. The maximum atomic E-state index is 15.3. The van der Waals surface area contributed by atoms with Gasteiger partial charge in [0.05, 0.1) is 24.3 Å². The predicted octanol–water partition coefficient (Wildman–Crippen LogP) is 6.00. The molecule has 3 aromatic carbocycles. The molecule has 5 nitrogen and oxygen atoms in total. The fourth-order valence-electron chi connectivity index (χ4n) is 6.24. The summed E-state index contributed by atoms with van der Waals surface area (Å²) in [6.07, 6.45) is 5.25. The van der Waals surface area contributed by atoms with E-state index in [1.807, 2.05) is 12.1 Å². The zero-order valence-electron chi connectivity index (χ0n) is 22.2. The Bertz CT molecular complexity index is 1270. The molecule has 2 atom stereocenters. The first kappa shape index (κ1) is 25.8. The molecule has 0 spiro atoms. The summed E-state index contributed by atoms with van der Waals surface area (Å²) >= 11 is 0. The summed E-state index contributed by atoms with van der Waals surface area (Å²) in [6, 6.07) is 24.0. The molecule has 0 radical (unpaired) electrons. The number of halogens is 1. The lowest BCUT2D eigenvalue weighted by atomic mass is 9.97. The fraction of sp³-hybridized carbons (Fsp3) is 0.394. The summed E-state index contributed by atoms with van der Waals surface area (Å²) in [5.74, 6) is 0.218. The topological polar surface area (TPSA) is 49.9 Å². The van der Waals surface area contributed by atoms with E-state index in [2.05, 4.69) is 53.4 Å². The standard InChI is InChI=1S/C33H35FN2O3/c34-30-19-31(28(24-13-14-24)18-29(30)33(38)36-16-7-12-27(36)21-37)39-22-23-15-17-35(20-23)32(25-8-3-1-4-9-25)26-10-5-2-6-11-26/h1-6,8-11,18-19,21,23-24,27,32H,7,12-17,20,22H2/t23-,27+/m1/s1. The largest absolute Gasteiger partial charge is 0.493 e. The zero-order chi connectivity index (χ0) is 26.8. The third kappa shape index (κ3) is 5.48. The van der Waals surface area contributed by atoms with Crippen molar-refractivity contribution in [2.45, 2.75) is 50.1 Å². The van der Waals surface area contributed by atoms with Crippen LogP contribution in [0.1, 0.15) is 71.1 Å². The molecule has 1 saturated carbocycles. The van der Waals surface area contributed by atoms with Crippen molar-refractivity contribution in [2.75, 3.05) is 26.2 Å². The quantitative estimate of drug-likeness (QED) is 0.321. The molecule has 1 amide bonds. The summed E-state index contributed by atoms with van der Waals surface area (Å²) in [5.41, 5.74) is 3.53. The van der Waals surface area contributed by atoms with Crippen LogP contribution in [0.2, 0.25) is 0 Å². The highest BCUT2D eigenvalue weighted by atomic mass is 19.1. The van der Waals surface area contributed by atoms with E-state index in [9.17, 15) is 9.59 Å². The van der Waals surface area contributed by atoms with Crippen LogP contribution in [0.15, 0.2) is 72.8 Å². The number of likely N-dealkylation sites (tertiary alicyclic amines) is 2. The Labute approximate surface area is 229 Å². The van der Waals surface area contributed by atoms with E-state index in [-0.39, 0.29) is 11.6 Å². The van der Waals surface area contributed by atoms with E-state index in [1.165, 1.54) is 22.1 Å². The van der Waals surface area contributed by atoms with Crippen LogP contribution >= 0.6 is 0 Å². The van der Waals surface area contributed by atoms with Crippen molar-refractivity contribution >= 4 is 12.2 Å². The van der Waals surface area contributed by atoms with Gasteiger partial charge in [0.15, 0.2) is 0 Å². The van der Waals surface area contributed by atoms with Crippen LogP contribution in [0.4, 0.5) is 4.39 Å². The van der Waals surface area contributed by atoms with E-state index in [1.54, 1.807) is 6.07 Å². The number of aldehydes is 1. The van der Waals surface area contributed by atoms with Crippen LogP contribution in [-0.2, 0) is 4.79 Å². The first-order valence-corrected chi connectivity index (χ1v) is 14.2. The summed E-state index contributed by atoms with van der Waals surface area (Å²) in [4.78, 5) is 28.6. The van der Waals surface area contributed by atoms with Crippen molar-refractivity contribution in [3.8, 4) is 5.75 Å². The van der Waals surface area contributed by atoms with Gasteiger partial charge in [-0.2, -0.15) is 0 Å². The molecular weight excluding hydrogens is 491 g/mol. The molecule has 2 aliphatic heterocycles. The minimum Gasteiger partial charge on any atom is -0.493 e. The summed E-state index contributed by atoms with van der Waals surface area (Å²) in [6.45, 7) is 2.87. The van der Waals surface area contributed by atoms with Gasteiger partial charge in [-0.25, -0.2) is 4.39 Å². The summed E-state index contributed by atoms with van der Waals surface area (Å²) < 4.78 is 21.6. The van der Waals surface area contributed by atoms with Crippen molar-refractivity contribution < 1.29 is 18.7 Å². The Morgan fingerprint density at radius 3 is 2.28 bits per heavy atom. The monoisotopic (exact) mass is 526 g/mol. The normalized spacial score (nSPS) is 21.4. The third-order valence-electron chi connectivity index (χ3n) is 8.45. The Balaban J connectivity index is 1.16. The number of rotatable bonds is 9. The fourth-order valence-corrected chi connectivity index (χ4v) is 6.24. The average molecular weight is 527 g/mol. The molecule has 202 valence electrons. The minimum absolute atomic E-state index is 0.0543. The Hall–Kier alpha value is -3.51. The van der Waals surface area contributed by atoms with Crippen LogP contribution < -0.4 is 4.74 Å². The van der Waals surface area contributed by atoms with Crippen molar-refractivity contribution in [2.24, 2.45) is 5.92 Å². The highest BCUT2D eigenvalue weighted by Gasteiger charge is 2.35. The molecule has 0 N–H and O–H groups in total. The van der Waals surface area contributed by atoms with Gasteiger partial charge < -0.3 is 14.4 Å². The van der Waals surface area contributed by atoms with Crippen LogP contribution in [0, 0.1) is 11.7 Å². The van der Waals surface area contributed by atoms with Crippen molar-refractivity contribution in [1.29, 1.82) is 0 Å². The van der Waals surface area contributed by atoms with Crippen molar-refractivity contribution in [3.05, 3.63) is 101 Å². The average Bonchev–Trinajstić information content (AvgIpc) is 3.51. The molecule has 3 aromatic rings. The van der Waals surface area contributed by atoms with Gasteiger partial charge in [-0.05, 0) is 67.3 Å². The van der Waals surface area contributed by atoms with Crippen LogP contribution in [0.3, 0.4) is 0 Å². The highest BCUT2D eigenvalue weighted by Crippen LogP contribution is 2.45. The molecule has 1 aliphatic carbocycles. The van der Waals surface area contributed by atoms with Crippen LogP contribution in [0.5, 0.6) is 5.75 Å². The minimum atomic E-state index is -0.572. The second kappa shape index (κ2) is 11.3. The van der Waals surface area contributed by atoms with E-state index in [4.69, 9.17) is 4.74 Å². The second-order valence-electron chi connectivity index (χ2n) is 11.2. The molecule has 3 fully saturated rings. The molecule has 0 aromatic heterocycles. The molecule has 0 bridgehead atoms. The SMILES string of the molecule is O=C[C@@H]1CCCN1C(=O)c1cc(C2CC2)c(OC[C@@H]2CCN(C(c3ccccc3)c3ccccc3)C2)cc1F. The molecule has 2 heterocycles. The number of hydrogen-bond donors (Lipinski definition) is 0. The van der Waals surface area contributed by atoms with Crippen molar-refractivity contribution in [3.63, 3.8) is 0 Å². The van der Waals surface area contributed by atoms with Crippen molar-refractivity contribution in [1.82, 2.24) is 9.80 Å². The van der Waals surface area contributed by atoms with Gasteiger partial charge in [-0.15, -0.1) is 0 Å². The first-order chi connectivity index (χ1) is 19.1. The zero-order valence-corrected chi connectivity index (χ0v) is 22.2. The summed E-state index contributed by atoms with van der Waals surface area (Å²) in [7, 11) is 0. The van der Waals surface area contributed by atoms with E-state index in [0.717, 1.165) is 50.6 Å². The van der Waals surface area contributed by atoms with Crippen LogP contribution in [-0.4, -0.2) is 54.3 Å². The van der Waals surface area contributed by atoms with Gasteiger partial charge in [-0.3, -0.25) is 9.69 Å².